The van der Waals surface area contributed by atoms with Gasteiger partial charge in [0.2, 0.25) is 0 Å². The summed E-state index contributed by atoms with van der Waals surface area (Å²) in [5.41, 5.74) is 16.5. The maximum Gasteiger partial charge on any atom is 0.162 e. The molecule has 0 aliphatic heterocycles. The van der Waals surface area contributed by atoms with Crippen LogP contribution in [0.4, 0.5) is 34.3 Å². The summed E-state index contributed by atoms with van der Waals surface area (Å²) in [7, 11) is 0. The Morgan fingerprint density at radius 3 is 1.29 bits per heavy atom. The minimum atomic E-state index is 0.635. The number of anilines is 6. The normalized spacial score (nSPS) is 11.1. The molecule has 0 N–H and O–H groups in total. The van der Waals surface area contributed by atoms with Gasteiger partial charge in [-0.05, 0) is 98.2 Å². The van der Waals surface area contributed by atoms with E-state index >= 15 is 0 Å². The van der Waals surface area contributed by atoms with Crippen molar-refractivity contribution in [3.63, 3.8) is 0 Å². The molecule has 0 atom stereocenters. The van der Waals surface area contributed by atoms with E-state index in [2.05, 4.69) is 277 Å². The first-order valence-electron chi connectivity index (χ1n) is 24.4. The topological polar surface area (TPSA) is 32.3 Å². The average Bonchev–Trinajstić information content (AvgIpc) is 3.47. The van der Waals surface area contributed by atoms with E-state index in [1.807, 2.05) is 24.3 Å². The van der Waals surface area contributed by atoms with Crippen LogP contribution in [0.2, 0.25) is 0 Å². The number of fused-ring (bicyclic) bond motifs is 1. The molecule has 0 unspecified atom stereocenters. The SMILES string of the molecule is c1ccc(-c2ccc(N(c3cccc(-c4ccccc4)c3)c3cc(-c4ccccc4)cc(N(c4ccc5ccccc5c4)c4cc(-c5ccccc5)nc(-c5ccccc5)n4)c3-c3ccccc3)cc2)cc1. The Balaban J connectivity index is 1.20. The van der Waals surface area contributed by atoms with Crippen LogP contribution >= 0.6 is 0 Å². The van der Waals surface area contributed by atoms with Gasteiger partial charge in [-0.1, -0.05) is 237 Å². The third kappa shape index (κ3) is 8.93. The molecule has 0 bridgehead atoms. The second kappa shape index (κ2) is 19.8. The van der Waals surface area contributed by atoms with E-state index in [0.29, 0.717) is 5.82 Å². The Hall–Kier alpha value is -9.64. The largest absolute Gasteiger partial charge is 0.310 e. The van der Waals surface area contributed by atoms with Crippen LogP contribution in [0.1, 0.15) is 0 Å². The minimum Gasteiger partial charge on any atom is -0.310 e. The number of hydrogen-bond donors (Lipinski definition) is 0. The molecule has 1 heterocycles. The molecular formula is C68H48N4. The van der Waals surface area contributed by atoms with Crippen molar-refractivity contribution >= 4 is 45.0 Å². The third-order valence-corrected chi connectivity index (χ3v) is 13.2. The van der Waals surface area contributed by atoms with Gasteiger partial charge in [0.25, 0.3) is 0 Å². The molecule has 1 aromatic heterocycles. The monoisotopic (exact) mass is 920 g/mol. The number of aromatic nitrogens is 2. The lowest BCUT2D eigenvalue weighted by molar-refractivity contribution is 1.12. The first-order chi connectivity index (χ1) is 35.7. The summed E-state index contributed by atoms with van der Waals surface area (Å²) in [4.78, 5) is 15.6. The van der Waals surface area contributed by atoms with Crippen LogP contribution in [-0.2, 0) is 0 Å². The highest BCUT2D eigenvalue weighted by molar-refractivity contribution is 6.02. The van der Waals surface area contributed by atoms with Gasteiger partial charge < -0.3 is 4.90 Å². The minimum absolute atomic E-state index is 0.635. The van der Waals surface area contributed by atoms with Crippen LogP contribution < -0.4 is 9.80 Å². The summed E-state index contributed by atoms with van der Waals surface area (Å²) in [5.74, 6) is 1.37. The van der Waals surface area contributed by atoms with Gasteiger partial charge in [-0.2, -0.15) is 0 Å². The molecule has 72 heavy (non-hydrogen) atoms. The lowest BCUT2D eigenvalue weighted by atomic mass is 9.93. The second-order valence-electron chi connectivity index (χ2n) is 17.8. The smallest absolute Gasteiger partial charge is 0.162 e. The molecule has 4 nitrogen and oxygen atoms in total. The lowest BCUT2D eigenvalue weighted by Gasteiger charge is -2.34. The fraction of sp³-hybridized carbons (Fsp3) is 0. The molecule has 0 aliphatic rings. The maximum atomic E-state index is 5.58. The van der Waals surface area contributed by atoms with Gasteiger partial charge in [-0.25, -0.2) is 9.97 Å². The highest BCUT2D eigenvalue weighted by Crippen LogP contribution is 2.52. The zero-order valence-electron chi connectivity index (χ0n) is 39.5. The van der Waals surface area contributed by atoms with Crippen LogP contribution in [0.3, 0.4) is 0 Å². The second-order valence-corrected chi connectivity index (χ2v) is 17.8. The molecule has 4 heteroatoms. The number of rotatable bonds is 12. The van der Waals surface area contributed by atoms with Gasteiger partial charge >= 0.3 is 0 Å². The van der Waals surface area contributed by atoms with Crippen molar-refractivity contribution in [3.8, 4) is 67.2 Å². The summed E-state index contributed by atoms with van der Waals surface area (Å²) >= 11 is 0. The fourth-order valence-electron chi connectivity index (χ4n) is 9.71. The molecule has 0 amide bonds. The molecule has 340 valence electrons. The van der Waals surface area contributed by atoms with Crippen molar-refractivity contribution in [2.75, 3.05) is 9.80 Å². The molecule has 12 rings (SSSR count). The zero-order chi connectivity index (χ0) is 48.1. The van der Waals surface area contributed by atoms with Crippen LogP contribution in [0, 0.1) is 0 Å². The quantitative estimate of drug-likeness (QED) is 0.122. The lowest BCUT2D eigenvalue weighted by Crippen LogP contribution is -2.17. The molecular weight excluding hydrogens is 873 g/mol. The van der Waals surface area contributed by atoms with Gasteiger partial charge in [0, 0.05) is 39.8 Å². The standard InChI is InChI=1S/C68H48N4/c1-7-22-49(23-8-1)53-38-41-60(42-39-53)71(61-37-21-36-58(44-61)50-24-9-2-10-25-50)64-46-59(51-26-11-3-12-27-51)47-65(67(64)55-31-15-5-16-32-55)72(62-43-40-52-28-19-20-35-57(52)45-62)66-48-63(54-29-13-4-14-30-54)69-68(70-66)56-33-17-6-18-34-56/h1-48H. The number of hydrogen-bond acceptors (Lipinski definition) is 4. The Morgan fingerprint density at radius 2 is 0.681 bits per heavy atom. The molecule has 0 aliphatic carbocycles. The van der Waals surface area contributed by atoms with E-state index in [0.717, 1.165) is 101 Å². The van der Waals surface area contributed by atoms with Crippen molar-refractivity contribution in [1.29, 1.82) is 0 Å². The number of benzene rings is 11. The van der Waals surface area contributed by atoms with Gasteiger partial charge in [0.05, 0.1) is 17.1 Å². The van der Waals surface area contributed by atoms with Gasteiger partial charge in [0.15, 0.2) is 5.82 Å². The molecule has 12 aromatic rings. The molecule has 0 radical (unpaired) electrons. The van der Waals surface area contributed by atoms with Crippen molar-refractivity contribution < 1.29 is 0 Å². The van der Waals surface area contributed by atoms with Crippen LogP contribution in [0.15, 0.2) is 291 Å². The first-order valence-corrected chi connectivity index (χ1v) is 24.4. The Labute approximate surface area is 421 Å². The molecule has 0 fully saturated rings. The van der Waals surface area contributed by atoms with E-state index in [1.54, 1.807) is 0 Å². The Morgan fingerprint density at radius 1 is 0.236 bits per heavy atom. The van der Waals surface area contributed by atoms with Gasteiger partial charge in [-0.15, -0.1) is 0 Å². The summed E-state index contributed by atoms with van der Waals surface area (Å²) in [6.07, 6.45) is 0. The summed E-state index contributed by atoms with van der Waals surface area (Å²) in [6, 6.07) is 104. The maximum absolute atomic E-state index is 5.58. The molecule has 11 aromatic carbocycles. The highest BCUT2D eigenvalue weighted by Gasteiger charge is 2.28. The van der Waals surface area contributed by atoms with Crippen LogP contribution in [0.25, 0.3) is 77.9 Å². The fourth-order valence-corrected chi connectivity index (χ4v) is 9.71. The highest BCUT2D eigenvalue weighted by atomic mass is 15.2. The van der Waals surface area contributed by atoms with E-state index in [1.165, 1.54) is 5.56 Å². The van der Waals surface area contributed by atoms with Gasteiger partial charge in [-0.3, -0.25) is 4.90 Å². The van der Waals surface area contributed by atoms with Gasteiger partial charge in [0.1, 0.15) is 5.82 Å². The van der Waals surface area contributed by atoms with Crippen molar-refractivity contribution in [2.24, 2.45) is 0 Å². The predicted molar refractivity (Wildman–Crippen MR) is 302 cm³/mol. The van der Waals surface area contributed by atoms with Crippen LogP contribution in [0.5, 0.6) is 0 Å². The Bertz CT molecular complexity index is 3710. The number of nitrogens with zero attached hydrogens (tertiary/aromatic N) is 4. The van der Waals surface area contributed by atoms with Crippen molar-refractivity contribution in [1.82, 2.24) is 9.97 Å². The summed E-state index contributed by atoms with van der Waals surface area (Å²) in [6.45, 7) is 0. The Kier molecular flexibility index (Phi) is 12.0. The average molecular weight is 921 g/mol. The van der Waals surface area contributed by atoms with Crippen LogP contribution in [-0.4, -0.2) is 9.97 Å². The summed E-state index contributed by atoms with van der Waals surface area (Å²) in [5, 5.41) is 2.28. The van der Waals surface area contributed by atoms with E-state index < -0.39 is 0 Å². The first kappa shape index (κ1) is 43.6. The predicted octanol–water partition coefficient (Wildman–Crippen LogP) is 18.6. The third-order valence-electron chi connectivity index (χ3n) is 13.2. The molecule has 0 saturated heterocycles. The molecule has 0 saturated carbocycles. The van der Waals surface area contributed by atoms with E-state index in [4.69, 9.17) is 9.97 Å². The molecule has 0 spiro atoms. The van der Waals surface area contributed by atoms with Crippen molar-refractivity contribution in [3.05, 3.63) is 291 Å². The zero-order valence-corrected chi connectivity index (χ0v) is 39.5. The van der Waals surface area contributed by atoms with E-state index in [9.17, 15) is 0 Å². The van der Waals surface area contributed by atoms with E-state index in [-0.39, 0.29) is 0 Å². The van der Waals surface area contributed by atoms with Crippen molar-refractivity contribution in [2.45, 2.75) is 0 Å². The summed E-state index contributed by atoms with van der Waals surface area (Å²) < 4.78 is 0.